The molecule has 1 fully saturated rings. The van der Waals surface area contributed by atoms with Gasteiger partial charge in [0.15, 0.2) is 0 Å². The number of ether oxygens (including phenoxy) is 1. The van der Waals surface area contributed by atoms with Gasteiger partial charge in [-0.05, 0) is 30.3 Å². The monoisotopic (exact) mass is 443 g/mol. The Morgan fingerprint density at radius 2 is 1.79 bits per heavy atom. The Kier molecular flexibility index (Phi) is 6.45. The minimum absolute atomic E-state index is 0.0299. The van der Waals surface area contributed by atoms with Crippen LogP contribution in [0.25, 0.3) is 0 Å². The van der Waals surface area contributed by atoms with Crippen LogP contribution < -0.4 is 9.64 Å². The number of non-ortho nitro benzene ring substituents is 1. The molecule has 0 aliphatic carbocycles. The van der Waals surface area contributed by atoms with Crippen molar-refractivity contribution in [3.8, 4) is 17.6 Å². The Balaban J connectivity index is 1.51. The van der Waals surface area contributed by atoms with E-state index in [0.717, 1.165) is 0 Å². The van der Waals surface area contributed by atoms with Crippen LogP contribution in [0.1, 0.15) is 21.5 Å². The van der Waals surface area contributed by atoms with E-state index in [9.17, 15) is 14.9 Å². The largest absolute Gasteiger partial charge is 0.495 e. The SMILES string of the molecule is COc1ccc(C(=O)N2CCN(c3ncccn3)CC2)cc1C#Cc1cccc([N+](=O)[O-])c1. The number of carbonyl (C=O) groups is 1. The molecule has 0 atom stereocenters. The topological polar surface area (TPSA) is 102 Å². The van der Waals surface area contributed by atoms with E-state index in [0.29, 0.717) is 54.6 Å². The van der Waals surface area contributed by atoms with Crippen LogP contribution in [0.2, 0.25) is 0 Å². The summed E-state index contributed by atoms with van der Waals surface area (Å²) in [6.07, 6.45) is 3.40. The van der Waals surface area contributed by atoms with Crippen molar-refractivity contribution in [2.75, 3.05) is 38.2 Å². The van der Waals surface area contributed by atoms with Crippen LogP contribution in [-0.4, -0.2) is 59.0 Å². The van der Waals surface area contributed by atoms with Crippen molar-refractivity contribution in [1.82, 2.24) is 14.9 Å². The summed E-state index contributed by atoms with van der Waals surface area (Å²) >= 11 is 0. The molecular formula is C24H21N5O4. The molecule has 9 nitrogen and oxygen atoms in total. The van der Waals surface area contributed by atoms with Gasteiger partial charge < -0.3 is 14.5 Å². The molecule has 4 rings (SSSR count). The van der Waals surface area contributed by atoms with Gasteiger partial charge in [0.2, 0.25) is 5.95 Å². The minimum Gasteiger partial charge on any atom is -0.495 e. The number of anilines is 1. The number of aromatic nitrogens is 2. The van der Waals surface area contributed by atoms with Gasteiger partial charge in [-0.1, -0.05) is 17.9 Å². The van der Waals surface area contributed by atoms with Crippen molar-refractivity contribution in [2.24, 2.45) is 0 Å². The quantitative estimate of drug-likeness (QED) is 0.347. The summed E-state index contributed by atoms with van der Waals surface area (Å²) in [5.74, 6) is 6.99. The van der Waals surface area contributed by atoms with Crippen LogP contribution in [0.5, 0.6) is 5.75 Å². The first-order valence-electron chi connectivity index (χ1n) is 10.3. The fraction of sp³-hybridized carbons (Fsp3) is 0.208. The molecule has 0 spiro atoms. The number of benzene rings is 2. The van der Waals surface area contributed by atoms with Crippen LogP contribution >= 0.6 is 0 Å². The molecule has 0 N–H and O–H groups in total. The smallest absolute Gasteiger partial charge is 0.270 e. The number of nitrogens with zero attached hydrogens (tertiary/aromatic N) is 5. The average molecular weight is 443 g/mol. The number of hydrogen-bond acceptors (Lipinski definition) is 7. The van der Waals surface area contributed by atoms with E-state index in [1.54, 1.807) is 53.7 Å². The summed E-state index contributed by atoms with van der Waals surface area (Å²) in [6.45, 7) is 2.40. The third-order valence-electron chi connectivity index (χ3n) is 5.25. The lowest BCUT2D eigenvalue weighted by Crippen LogP contribution is -2.49. The van der Waals surface area contributed by atoms with Crippen LogP contribution in [0.3, 0.4) is 0 Å². The van der Waals surface area contributed by atoms with Crippen molar-refractivity contribution >= 4 is 17.5 Å². The van der Waals surface area contributed by atoms with Gasteiger partial charge in [0.05, 0.1) is 17.6 Å². The first kappa shape index (κ1) is 21.8. The summed E-state index contributed by atoms with van der Waals surface area (Å²) < 4.78 is 5.38. The summed E-state index contributed by atoms with van der Waals surface area (Å²) in [6, 6.07) is 13.0. The third-order valence-corrected chi connectivity index (χ3v) is 5.25. The number of nitro groups is 1. The van der Waals surface area contributed by atoms with E-state index in [1.807, 2.05) is 4.90 Å². The normalized spacial score (nSPS) is 13.1. The predicted octanol–water partition coefficient (Wildman–Crippen LogP) is 2.76. The predicted molar refractivity (Wildman–Crippen MR) is 122 cm³/mol. The Bertz CT molecular complexity index is 1230. The molecule has 2 aromatic carbocycles. The highest BCUT2D eigenvalue weighted by Gasteiger charge is 2.24. The molecule has 3 aromatic rings. The number of carbonyl (C=O) groups excluding carboxylic acids is 1. The van der Waals surface area contributed by atoms with Gasteiger partial charge in [-0.3, -0.25) is 14.9 Å². The second-order valence-corrected chi connectivity index (χ2v) is 7.30. The molecule has 1 saturated heterocycles. The van der Waals surface area contributed by atoms with Crippen molar-refractivity contribution in [1.29, 1.82) is 0 Å². The number of amides is 1. The first-order valence-corrected chi connectivity index (χ1v) is 10.3. The molecule has 1 aromatic heterocycles. The lowest BCUT2D eigenvalue weighted by molar-refractivity contribution is -0.384. The van der Waals surface area contributed by atoms with Crippen LogP contribution in [0.4, 0.5) is 11.6 Å². The molecule has 1 aliphatic heterocycles. The number of nitro benzene ring substituents is 1. The number of hydrogen-bond donors (Lipinski definition) is 0. The maximum atomic E-state index is 13.1. The zero-order valence-corrected chi connectivity index (χ0v) is 18.0. The minimum atomic E-state index is -0.464. The van der Waals surface area contributed by atoms with Crippen molar-refractivity contribution < 1.29 is 14.5 Å². The highest BCUT2D eigenvalue weighted by Crippen LogP contribution is 2.21. The van der Waals surface area contributed by atoms with E-state index in [-0.39, 0.29) is 11.6 Å². The molecule has 1 aliphatic rings. The first-order chi connectivity index (χ1) is 16.0. The van der Waals surface area contributed by atoms with E-state index < -0.39 is 4.92 Å². The number of methoxy groups -OCH3 is 1. The van der Waals surface area contributed by atoms with E-state index >= 15 is 0 Å². The van der Waals surface area contributed by atoms with Crippen molar-refractivity contribution in [2.45, 2.75) is 0 Å². The van der Waals surface area contributed by atoms with Gasteiger partial charge in [0, 0.05) is 61.8 Å². The molecule has 0 bridgehead atoms. The molecule has 9 heteroatoms. The lowest BCUT2D eigenvalue weighted by atomic mass is 10.1. The number of piperazine rings is 1. The molecule has 33 heavy (non-hydrogen) atoms. The Morgan fingerprint density at radius 1 is 1.03 bits per heavy atom. The highest BCUT2D eigenvalue weighted by atomic mass is 16.6. The van der Waals surface area contributed by atoms with E-state index in [2.05, 4.69) is 21.8 Å². The maximum Gasteiger partial charge on any atom is 0.270 e. The molecule has 0 radical (unpaired) electrons. The highest BCUT2D eigenvalue weighted by molar-refractivity contribution is 5.95. The second kappa shape index (κ2) is 9.78. The lowest BCUT2D eigenvalue weighted by Gasteiger charge is -2.34. The summed E-state index contributed by atoms with van der Waals surface area (Å²) in [5.41, 5.74) is 1.51. The molecule has 1 amide bonds. The molecular weight excluding hydrogens is 422 g/mol. The van der Waals surface area contributed by atoms with Crippen molar-refractivity contribution in [3.63, 3.8) is 0 Å². The van der Waals surface area contributed by atoms with Crippen LogP contribution in [0.15, 0.2) is 60.9 Å². The summed E-state index contributed by atoms with van der Waals surface area (Å²) in [5, 5.41) is 11.0. The molecule has 2 heterocycles. The van der Waals surface area contributed by atoms with Gasteiger partial charge in [0.25, 0.3) is 11.6 Å². The Labute approximate surface area is 190 Å². The van der Waals surface area contributed by atoms with Gasteiger partial charge in [0.1, 0.15) is 5.75 Å². The Morgan fingerprint density at radius 3 is 2.48 bits per heavy atom. The van der Waals surface area contributed by atoms with E-state index in [1.165, 1.54) is 19.2 Å². The summed E-state index contributed by atoms with van der Waals surface area (Å²) in [4.78, 5) is 36.0. The standard InChI is InChI=1S/C24H21N5O4/c1-33-22-9-8-20(17-19(22)7-6-18-4-2-5-21(16-18)29(31)32)23(30)27-12-14-28(15-13-27)24-25-10-3-11-26-24/h2-5,8-11,16-17H,12-15H2,1H3. The third kappa shape index (κ3) is 5.07. The maximum absolute atomic E-state index is 13.1. The molecule has 0 saturated carbocycles. The van der Waals surface area contributed by atoms with Crippen LogP contribution in [0, 0.1) is 22.0 Å². The van der Waals surface area contributed by atoms with Gasteiger partial charge in [-0.15, -0.1) is 0 Å². The fourth-order valence-corrected chi connectivity index (χ4v) is 3.52. The Hall–Kier alpha value is -4.45. The average Bonchev–Trinajstić information content (AvgIpc) is 2.87. The molecule has 0 unspecified atom stereocenters. The fourth-order valence-electron chi connectivity index (χ4n) is 3.52. The van der Waals surface area contributed by atoms with Gasteiger partial charge >= 0.3 is 0 Å². The zero-order valence-electron chi connectivity index (χ0n) is 18.0. The van der Waals surface area contributed by atoms with Crippen LogP contribution in [-0.2, 0) is 0 Å². The second-order valence-electron chi connectivity index (χ2n) is 7.30. The zero-order chi connectivity index (χ0) is 23.2. The van der Waals surface area contributed by atoms with Gasteiger partial charge in [-0.2, -0.15) is 0 Å². The number of rotatable bonds is 4. The van der Waals surface area contributed by atoms with Gasteiger partial charge in [-0.25, -0.2) is 9.97 Å². The summed E-state index contributed by atoms with van der Waals surface area (Å²) in [7, 11) is 1.53. The molecule has 166 valence electrons. The van der Waals surface area contributed by atoms with E-state index in [4.69, 9.17) is 4.74 Å². The van der Waals surface area contributed by atoms with Crippen molar-refractivity contribution in [3.05, 3.63) is 87.7 Å².